The normalized spacial score (nSPS) is 19.0. The number of carbonyl (C=O) groups is 1. The van der Waals surface area contributed by atoms with Gasteiger partial charge in [0.05, 0.1) is 5.69 Å². The van der Waals surface area contributed by atoms with E-state index < -0.39 is 5.60 Å². The maximum Gasteiger partial charge on any atom is 0.267 e. The van der Waals surface area contributed by atoms with E-state index in [1.54, 1.807) is 7.05 Å². The third kappa shape index (κ3) is 3.19. The topological polar surface area (TPSA) is 105 Å². The zero-order valence-corrected chi connectivity index (χ0v) is 16.6. The van der Waals surface area contributed by atoms with Gasteiger partial charge in [-0.1, -0.05) is 24.0 Å². The molecule has 1 aromatic carbocycles. The molecule has 1 fully saturated rings. The van der Waals surface area contributed by atoms with Gasteiger partial charge in [0.25, 0.3) is 5.91 Å². The smallest absolute Gasteiger partial charge is 0.267 e. The standard InChI is InChI=1S/C20H16BrN5O2/c1-26-8-7-20(28,19(26)27)6-5-12-3-2-4-13(9-12)15-10-14(21)16-17(25-15)18(22)24-11-23-16/h2-4,9-11,28H,7-8H2,1H3,(H2,22,23,24)/t20-/m0/s1. The molecular weight excluding hydrogens is 422 g/mol. The van der Waals surface area contributed by atoms with Gasteiger partial charge in [-0.15, -0.1) is 0 Å². The fourth-order valence-corrected chi connectivity index (χ4v) is 3.57. The fourth-order valence-electron chi connectivity index (χ4n) is 3.07. The predicted molar refractivity (Wildman–Crippen MR) is 109 cm³/mol. The molecule has 1 aliphatic heterocycles. The van der Waals surface area contributed by atoms with Crippen molar-refractivity contribution in [3.63, 3.8) is 0 Å². The summed E-state index contributed by atoms with van der Waals surface area (Å²) in [6, 6.07) is 9.26. The Morgan fingerprint density at radius 3 is 2.86 bits per heavy atom. The van der Waals surface area contributed by atoms with Crippen LogP contribution < -0.4 is 5.73 Å². The minimum atomic E-state index is -1.62. The third-order valence-corrected chi connectivity index (χ3v) is 5.26. The molecule has 4 rings (SSSR count). The lowest BCUT2D eigenvalue weighted by atomic mass is 10.0. The van der Waals surface area contributed by atoms with Crippen LogP contribution in [0, 0.1) is 11.8 Å². The lowest BCUT2D eigenvalue weighted by Crippen LogP contribution is -2.37. The molecule has 8 heteroatoms. The van der Waals surface area contributed by atoms with Gasteiger partial charge in [0.15, 0.2) is 5.82 Å². The number of amides is 1. The summed E-state index contributed by atoms with van der Waals surface area (Å²) in [6.45, 7) is 0.489. The van der Waals surface area contributed by atoms with Crippen LogP contribution in [0.3, 0.4) is 0 Å². The number of nitrogens with two attached hydrogens (primary N) is 1. The lowest BCUT2D eigenvalue weighted by molar-refractivity contribution is -0.137. The van der Waals surface area contributed by atoms with Gasteiger partial charge in [0.1, 0.15) is 17.4 Å². The molecule has 140 valence electrons. The average Bonchev–Trinajstić information content (AvgIpc) is 2.95. The molecule has 7 nitrogen and oxygen atoms in total. The summed E-state index contributed by atoms with van der Waals surface area (Å²) in [5, 5.41) is 10.5. The molecule has 1 amide bonds. The van der Waals surface area contributed by atoms with Crippen LogP contribution in [0.2, 0.25) is 0 Å². The van der Waals surface area contributed by atoms with Crippen molar-refractivity contribution in [2.24, 2.45) is 0 Å². The van der Waals surface area contributed by atoms with E-state index in [2.05, 4.69) is 42.7 Å². The molecule has 1 saturated heterocycles. The second-order valence-corrected chi connectivity index (χ2v) is 7.47. The zero-order chi connectivity index (χ0) is 19.9. The fraction of sp³-hybridized carbons (Fsp3) is 0.200. The van der Waals surface area contributed by atoms with E-state index in [4.69, 9.17) is 5.73 Å². The number of likely N-dealkylation sites (N-methyl/N-ethyl adjacent to an activating group) is 1. The number of pyridine rings is 1. The van der Waals surface area contributed by atoms with E-state index in [0.29, 0.717) is 41.1 Å². The van der Waals surface area contributed by atoms with Crippen molar-refractivity contribution in [2.75, 3.05) is 19.3 Å². The molecule has 0 radical (unpaired) electrons. The maximum atomic E-state index is 12.1. The third-order valence-electron chi connectivity index (χ3n) is 4.65. The zero-order valence-electron chi connectivity index (χ0n) is 15.0. The molecular formula is C20H16BrN5O2. The molecule has 1 atom stereocenters. The summed E-state index contributed by atoms with van der Waals surface area (Å²) in [5.41, 5.74) is 7.63. The minimum absolute atomic E-state index is 0.299. The summed E-state index contributed by atoms with van der Waals surface area (Å²) < 4.78 is 0.756. The van der Waals surface area contributed by atoms with Crippen LogP contribution in [0.5, 0.6) is 0 Å². The highest BCUT2D eigenvalue weighted by Crippen LogP contribution is 2.29. The molecule has 3 aromatic rings. The van der Waals surface area contributed by atoms with Crippen molar-refractivity contribution in [1.82, 2.24) is 19.9 Å². The van der Waals surface area contributed by atoms with Crippen LogP contribution >= 0.6 is 15.9 Å². The molecule has 0 bridgehead atoms. The number of hydrogen-bond donors (Lipinski definition) is 2. The van der Waals surface area contributed by atoms with E-state index in [1.807, 2.05) is 30.3 Å². The van der Waals surface area contributed by atoms with E-state index >= 15 is 0 Å². The molecule has 1 aliphatic rings. The Kier molecular flexibility index (Phi) is 4.49. The second kappa shape index (κ2) is 6.86. The molecule has 0 spiro atoms. The first-order chi connectivity index (χ1) is 13.4. The number of aromatic nitrogens is 3. The largest absolute Gasteiger partial charge is 0.382 e. The number of nitrogens with zero attached hydrogens (tertiary/aromatic N) is 4. The van der Waals surface area contributed by atoms with Gasteiger partial charge < -0.3 is 15.7 Å². The summed E-state index contributed by atoms with van der Waals surface area (Å²) >= 11 is 3.50. The Balaban J connectivity index is 1.73. The van der Waals surface area contributed by atoms with Crippen molar-refractivity contribution in [3.8, 4) is 23.1 Å². The minimum Gasteiger partial charge on any atom is -0.382 e. The van der Waals surface area contributed by atoms with Gasteiger partial charge in [-0.2, -0.15) is 0 Å². The molecule has 28 heavy (non-hydrogen) atoms. The maximum absolute atomic E-state index is 12.1. The number of carbonyl (C=O) groups excluding carboxylic acids is 1. The number of anilines is 1. The van der Waals surface area contributed by atoms with Gasteiger partial charge in [0, 0.05) is 35.6 Å². The average molecular weight is 438 g/mol. The summed E-state index contributed by atoms with van der Waals surface area (Å²) in [4.78, 5) is 26.3. The van der Waals surface area contributed by atoms with E-state index in [0.717, 1.165) is 10.0 Å². The molecule has 3 heterocycles. The van der Waals surface area contributed by atoms with Crippen LogP contribution in [-0.2, 0) is 4.79 Å². The van der Waals surface area contributed by atoms with Crippen LogP contribution in [0.4, 0.5) is 5.82 Å². The Bertz CT molecular complexity index is 1170. The monoisotopic (exact) mass is 437 g/mol. The number of halogens is 1. The van der Waals surface area contributed by atoms with Crippen molar-refractivity contribution >= 4 is 38.7 Å². The van der Waals surface area contributed by atoms with Gasteiger partial charge >= 0.3 is 0 Å². The second-order valence-electron chi connectivity index (χ2n) is 6.61. The Hall–Kier alpha value is -3.02. The Morgan fingerprint density at radius 2 is 2.11 bits per heavy atom. The van der Waals surface area contributed by atoms with Gasteiger partial charge in [-0.25, -0.2) is 15.0 Å². The summed E-state index contributed by atoms with van der Waals surface area (Å²) in [5.74, 6) is 5.57. The van der Waals surface area contributed by atoms with Gasteiger partial charge in [0.2, 0.25) is 5.60 Å². The highest BCUT2D eigenvalue weighted by Gasteiger charge is 2.42. The number of benzene rings is 1. The highest BCUT2D eigenvalue weighted by atomic mass is 79.9. The number of rotatable bonds is 1. The van der Waals surface area contributed by atoms with Crippen molar-refractivity contribution in [1.29, 1.82) is 0 Å². The van der Waals surface area contributed by atoms with Crippen LogP contribution in [-0.4, -0.2) is 50.1 Å². The van der Waals surface area contributed by atoms with Crippen molar-refractivity contribution in [3.05, 3.63) is 46.7 Å². The Morgan fingerprint density at radius 1 is 1.29 bits per heavy atom. The number of nitrogen functional groups attached to an aromatic ring is 1. The molecule has 2 aromatic heterocycles. The summed E-state index contributed by atoms with van der Waals surface area (Å²) in [7, 11) is 1.65. The van der Waals surface area contributed by atoms with Crippen molar-refractivity contribution < 1.29 is 9.90 Å². The lowest BCUT2D eigenvalue weighted by Gasteiger charge is -2.13. The number of aliphatic hydroxyl groups is 1. The van der Waals surface area contributed by atoms with Gasteiger partial charge in [-0.3, -0.25) is 4.79 Å². The first-order valence-electron chi connectivity index (χ1n) is 8.56. The molecule has 0 saturated carbocycles. The predicted octanol–water partition coefficient (Wildman–Crippen LogP) is 1.98. The van der Waals surface area contributed by atoms with Crippen LogP contribution in [0.15, 0.2) is 41.1 Å². The molecule has 0 aliphatic carbocycles. The quantitative estimate of drug-likeness (QED) is 0.563. The number of fused-ring (bicyclic) bond motifs is 1. The molecule has 0 unspecified atom stereocenters. The van der Waals surface area contributed by atoms with E-state index in [-0.39, 0.29) is 5.91 Å². The molecule has 3 N–H and O–H groups in total. The van der Waals surface area contributed by atoms with Crippen molar-refractivity contribution in [2.45, 2.75) is 12.0 Å². The van der Waals surface area contributed by atoms with Crippen LogP contribution in [0.25, 0.3) is 22.3 Å². The number of likely N-dealkylation sites (tertiary alicyclic amines) is 1. The van der Waals surface area contributed by atoms with Crippen LogP contribution in [0.1, 0.15) is 12.0 Å². The Labute approximate surface area is 169 Å². The first-order valence-corrected chi connectivity index (χ1v) is 9.35. The first kappa shape index (κ1) is 18.3. The highest BCUT2D eigenvalue weighted by molar-refractivity contribution is 9.10. The van der Waals surface area contributed by atoms with E-state index in [1.165, 1.54) is 11.2 Å². The number of hydrogen-bond acceptors (Lipinski definition) is 6. The SMILES string of the molecule is CN1CC[C@@](O)(C#Cc2cccc(-c3cc(Br)c4ncnc(N)c4n3)c2)C1=O. The van der Waals surface area contributed by atoms with E-state index in [9.17, 15) is 9.90 Å². The van der Waals surface area contributed by atoms with Gasteiger partial charge in [-0.05, 0) is 34.1 Å². The summed E-state index contributed by atoms with van der Waals surface area (Å²) in [6.07, 6.45) is 1.69.